The van der Waals surface area contributed by atoms with Crippen LogP contribution in [0.5, 0.6) is 5.75 Å². The summed E-state index contributed by atoms with van der Waals surface area (Å²) in [4.78, 5) is 22.0. The molecule has 9 heteroatoms. The van der Waals surface area contributed by atoms with Gasteiger partial charge in [0.05, 0.1) is 23.8 Å². The van der Waals surface area contributed by atoms with Crippen LogP contribution in [0, 0.1) is 13.8 Å². The molecule has 2 aromatic rings. The Kier molecular flexibility index (Phi) is 4.20. The molecule has 1 aliphatic heterocycles. The summed E-state index contributed by atoms with van der Waals surface area (Å²) in [6.07, 6.45) is -3.78. The molecule has 3 heterocycles. The van der Waals surface area contributed by atoms with Crippen molar-refractivity contribution in [3.05, 3.63) is 39.6 Å². The minimum atomic E-state index is -4.51. The van der Waals surface area contributed by atoms with Crippen molar-refractivity contribution in [3.63, 3.8) is 0 Å². The lowest BCUT2D eigenvalue weighted by Gasteiger charge is -2.38. The monoisotopic (exact) mass is 357 g/mol. The molecule has 0 spiro atoms. The molecule has 24 heavy (non-hydrogen) atoms. The van der Waals surface area contributed by atoms with Gasteiger partial charge >= 0.3 is 6.18 Å². The molecule has 1 fully saturated rings. The Morgan fingerprint density at radius 2 is 2.08 bits per heavy atom. The first-order valence-electron chi connectivity index (χ1n) is 7.17. The maximum absolute atomic E-state index is 12.6. The van der Waals surface area contributed by atoms with Crippen molar-refractivity contribution in [1.29, 1.82) is 0 Å². The molecule has 128 valence electrons. The van der Waals surface area contributed by atoms with Crippen molar-refractivity contribution in [2.45, 2.75) is 26.1 Å². The number of pyridine rings is 1. The molecule has 2 aromatic heterocycles. The summed E-state index contributed by atoms with van der Waals surface area (Å²) in [5.74, 6) is -0.0251. The number of alkyl halides is 3. The van der Waals surface area contributed by atoms with E-state index in [1.54, 1.807) is 11.8 Å². The SMILES string of the molecule is Cc1nc(C)c(C(=O)N2CC(Oc3ccnc(C(F)(F)F)c3)C2)s1. The molecule has 1 saturated heterocycles. The van der Waals surface area contributed by atoms with Crippen LogP contribution in [0.4, 0.5) is 13.2 Å². The fourth-order valence-corrected chi connectivity index (χ4v) is 3.27. The lowest BCUT2D eigenvalue weighted by molar-refractivity contribution is -0.141. The van der Waals surface area contributed by atoms with E-state index in [9.17, 15) is 18.0 Å². The van der Waals surface area contributed by atoms with Crippen molar-refractivity contribution >= 4 is 17.2 Å². The zero-order valence-electron chi connectivity index (χ0n) is 12.9. The summed E-state index contributed by atoms with van der Waals surface area (Å²) < 4.78 is 43.4. The minimum absolute atomic E-state index is 0.0965. The first kappa shape index (κ1) is 16.7. The summed E-state index contributed by atoms with van der Waals surface area (Å²) in [5.41, 5.74) is -0.307. The second-order valence-corrected chi connectivity index (χ2v) is 6.68. The Labute approximate surface area is 140 Å². The lowest BCUT2D eigenvalue weighted by Crippen LogP contribution is -2.56. The van der Waals surface area contributed by atoms with Crippen LogP contribution in [0.15, 0.2) is 18.3 Å². The first-order chi connectivity index (χ1) is 11.2. The van der Waals surface area contributed by atoms with E-state index >= 15 is 0 Å². The number of halogens is 3. The zero-order valence-corrected chi connectivity index (χ0v) is 13.7. The van der Waals surface area contributed by atoms with Gasteiger partial charge in [0.25, 0.3) is 5.91 Å². The van der Waals surface area contributed by atoms with Crippen LogP contribution < -0.4 is 4.74 Å². The third-order valence-corrected chi connectivity index (χ3v) is 4.62. The molecule has 3 rings (SSSR count). The highest BCUT2D eigenvalue weighted by Gasteiger charge is 2.36. The van der Waals surface area contributed by atoms with E-state index in [0.717, 1.165) is 17.3 Å². The number of nitrogens with zero attached hydrogens (tertiary/aromatic N) is 3. The highest BCUT2D eigenvalue weighted by molar-refractivity contribution is 7.13. The van der Waals surface area contributed by atoms with Gasteiger partial charge in [-0.05, 0) is 19.9 Å². The number of aromatic nitrogens is 2. The van der Waals surface area contributed by atoms with Crippen LogP contribution in [0.1, 0.15) is 26.1 Å². The summed E-state index contributed by atoms with van der Waals surface area (Å²) in [5, 5.41) is 0.820. The Bertz CT molecular complexity index is 770. The van der Waals surface area contributed by atoms with Gasteiger partial charge in [0.2, 0.25) is 0 Å². The number of hydrogen-bond donors (Lipinski definition) is 0. The number of rotatable bonds is 3. The molecule has 0 aromatic carbocycles. The number of ether oxygens (including phenoxy) is 1. The van der Waals surface area contributed by atoms with Gasteiger partial charge in [-0.2, -0.15) is 13.2 Å². The van der Waals surface area contributed by atoms with Crippen LogP contribution in [-0.2, 0) is 6.18 Å². The number of carbonyl (C=O) groups excluding carboxylic acids is 1. The number of aryl methyl sites for hydroxylation is 2. The average molecular weight is 357 g/mol. The van der Waals surface area contributed by atoms with Gasteiger partial charge in [0.15, 0.2) is 0 Å². The molecule has 1 aliphatic rings. The molecule has 0 saturated carbocycles. The van der Waals surface area contributed by atoms with Gasteiger partial charge in [-0.1, -0.05) is 0 Å². The summed E-state index contributed by atoms with van der Waals surface area (Å²) >= 11 is 1.33. The van der Waals surface area contributed by atoms with E-state index < -0.39 is 11.9 Å². The molecule has 0 aliphatic carbocycles. The molecular weight excluding hydrogens is 343 g/mol. The molecule has 0 unspecified atom stereocenters. The Morgan fingerprint density at radius 1 is 1.38 bits per heavy atom. The molecule has 0 radical (unpaired) electrons. The van der Waals surface area contributed by atoms with Crippen LogP contribution in [0.25, 0.3) is 0 Å². The normalized spacial score (nSPS) is 15.3. The number of carbonyl (C=O) groups is 1. The summed E-state index contributed by atoms with van der Waals surface area (Å²) in [7, 11) is 0. The second kappa shape index (κ2) is 6.04. The number of likely N-dealkylation sites (tertiary alicyclic amines) is 1. The molecule has 0 N–H and O–H groups in total. The van der Waals surface area contributed by atoms with E-state index in [4.69, 9.17) is 4.74 Å². The van der Waals surface area contributed by atoms with Gasteiger partial charge in [-0.25, -0.2) is 4.98 Å². The van der Waals surface area contributed by atoms with E-state index in [-0.39, 0.29) is 17.8 Å². The topological polar surface area (TPSA) is 55.3 Å². The average Bonchev–Trinajstić information content (AvgIpc) is 2.80. The Hall–Kier alpha value is -2.16. The largest absolute Gasteiger partial charge is 0.487 e. The third-order valence-electron chi connectivity index (χ3n) is 3.56. The maximum atomic E-state index is 12.6. The van der Waals surface area contributed by atoms with Crippen LogP contribution >= 0.6 is 11.3 Å². The minimum Gasteiger partial charge on any atom is -0.487 e. The molecule has 0 bridgehead atoms. The van der Waals surface area contributed by atoms with Crippen molar-refractivity contribution < 1.29 is 22.7 Å². The maximum Gasteiger partial charge on any atom is 0.433 e. The number of hydrogen-bond acceptors (Lipinski definition) is 5. The molecular formula is C15H14F3N3O2S. The Balaban J connectivity index is 1.60. The lowest BCUT2D eigenvalue weighted by atomic mass is 10.1. The standard InChI is InChI=1S/C15H14F3N3O2S/c1-8-13(24-9(2)20-8)14(22)21-6-11(7-21)23-10-3-4-19-12(5-10)15(16,17)18/h3-5,11H,6-7H2,1-2H3. The zero-order chi connectivity index (χ0) is 17.5. The van der Waals surface area contributed by atoms with Crippen LogP contribution in [-0.4, -0.2) is 40.0 Å². The second-order valence-electron chi connectivity index (χ2n) is 5.47. The summed E-state index contributed by atoms with van der Waals surface area (Å²) in [6.45, 7) is 4.27. The van der Waals surface area contributed by atoms with E-state index in [1.807, 2.05) is 6.92 Å². The van der Waals surface area contributed by atoms with E-state index in [1.165, 1.54) is 17.4 Å². The predicted octanol–water partition coefficient (Wildman–Crippen LogP) is 3.08. The molecule has 1 amide bonds. The van der Waals surface area contributed by atoms with E-state index in [2.05, 4.69) is 9.97 Å². The predicted molar refractivity (Wildman–Crippen MR) is 81.1 cm³/mol. The van der Waals surface area contributed by atoms with Crippen molar-refractivity contribution in [2.24, 2.45) is 0 Å². The van der Waals surface area contributed by atoms with Crippen molar-refractivity contribution in [2.75, 3.05) is 13.1 Å². The fourth-order valence-electron chi connectivity index (χ4n) is 2.38. The van der Waals surface area contributed by atoms with Gasteiger partial charge in [0.1, 0.15) is 22.4 Å². The Morgan fingerprint density at radius 3 is 2.67 bits per heavy atom. The van der Waals surface area contributed by atoms with Gasteiger partial charge in [-0.15, -0.1) is 11.3 Å². The summed E-state index contributed by atoms with van der Waals surface area (Å²) in [6, 6.07) is 2.23. The number of amides is 1. The van der Waals surface area contributed by atoms with Crippen molar-refractivity contribution in [3.8, 4) is 5.75 Å². The first-order valence-corrected chi connectivity index (χ1v) is 7.99. The smallest absolute Gasteiger partial charge is 0.433 e. The fraction of sp³-hybridized carbons (Fsp3) is 0.400. The van der Waals surface area contributed by atoms with Crippen molar-refractivity contribution in [1.82, 2.24) is 14.9 Å². The van der Waals surface area contributed by atoms with Gasteiger partial charge in [-0.3, -0.25) is 9.78 Å². The molecule has 5 nitrogen and oxygen atoms in total. The van der Waals surface area contributed by atoms with Gasteiger partial charge < -0.3 is 9.64 Å². The van der Waals surface area contributed by atoms with Crippen LogP contribution in [0.3, 0.4) is 0 Å². The van der Waals surface area contributed by atoms with E-state index in [0.29, 0.717) is 23.7 Å². The highest BCUT2D eigenvalue weighted by Crippen LogP contribution is 2.30. The molecule has 0 atom stereocenters. The third kappa shape index (κ3) is 3.35. The number of thiazole rings is 1. The highest BCUT2D eigenvalue weighted by atomic mass is 32.1. The quantitative estimate of drug-likeness (QED) is 0.847. The van der Waals surface area contributed by atoms with Gasteiger partial charge in [0, 0.05) is 12.3 Å². The van der Waals surface area contributed by atoms with Crippen LogP contribution in [0.2, 0.25) is 0 Å².